The molecule has 7 rings (SSSR count). The summed E-state index contributed by atoms with van der Waals surface area (Å²) in [6.07, 6.45) is -25.0. The normalized spacial score (nSPS) is 32.6. The predicted molar refractivity (Wildman–Crippen MR) is 219 cm³/mol. The highest BCUT2D eigenvalue weighted by Crippen LogP contribution is 2.39. The van der Waals surface area contributed by atoms with Crippen LogP contribution >= 0.6 is 0 Å². The number of phenols is 4. The van der Waals surface area contributed by atoms with E-state index in [2.05, 4.69) is 0 Å². The molecule has 0 bridgehead atoms. The molecule has 23 nitrogen and oxygen atoms in total. The van der Waals surface area contributed by atoms with Gasteiger partial charge in [-0.25, -0.2) is 4.79 Å². The van der Waals surface area contributed by atoms with Crippen LogP contribution in [0.1, 0.15) is 12.5 Å². The van der Waals surface area contributed by atoms with Gasteiger partial charge in [-0.1, -0.05) is 6.07 Å². The van der Waals surface area contributed by atoms with Crippen LogP contribution in [0.25, 0.3) is 28.4 Å². The molecule has 3 aliphatic rings. The van der Waals surface area contributed by atoms with Gasteiger partial charge in [0.05, 0.1) is 19.8 Å². The third-order valence-electron chi connectivity index (χ3n) is 11.1. The SMILES string of the molecule is COc1cc(/C=C/C(=O)OC[C@H]2O[C@@H](OC3C(O)[C@@H](O)[C@@H](CO[C@@H]4OC(C)[C@H](O)C(O)[C@@H]4O)O[C@H]3Oc3c(-c4ccc(O)cc4)oc4cc(O)cc(O)c4c3=O)C(O)C(O)[C@@H]2O)ccc1O. The van der Waals surface area contributed by atoms with Crippen molar-refractivity contribution < 1.29 is 108 Å². The van der Waals surface area contributed by atoms with E-state index in [9.17, 15) is 70.9 Å². The molecule has 3 aromatic carbocycles. The van der Waals surface area contributed by atoms with Gasteiger partial charge in [0.2, 0.25) is 17.5 Å². The Labute approximate surface area is 372 Å². The van der Waals surface area contributed by atoms with Gasteiger partial charge < -0.3 is 104 Å². The maximum absolute atomic E-state index is 14.3. The second kappa shape index (κ2) is 20.1. The van der Waals surface area contributed by atoms with Crippen LogP contribution in [0.5, 0.6) is 34.5 Å². The highest BCUT2D eigenvalue weighted by atomic mass is 16.8. The first kappa shape index (κ1) is 48.3. The van der Waals surface area contributed by atoms with Gasteiger partial charge >= 0.3 is 5.97 Å². The zero-order valence-electron chi connectivity index (χ0n) is 34.8. The third kappa shape index (κ3) is 10.0. The van der Waals surface area contributed by atoms with E-state index in [0.717, 1.165) is 18.2 Å². The van der Waals surface area contributed by atoms with Gasteiger partial charge in [0.15, 0.2) is 35.9 Å². The number of carbonyl (C=O) groups is 1. The molecule has 12 N–H and O–H groups in total. The minimum Gasteiger partial charge on any atom is -0.508 e. The van der Waals surface area contributed by atoms with E-state index in [1.807, 2.05) is 0 Å². The van der Waals surface area contributed by atoms with Gasteiger partial charge in [-0.2, -0.15) is 0 Å². The van der Waals surface area contributed by atoms with Crippen molar-refractivity contribution in [3.63, 3.8) is 0 Å². The average Bonchev–Trinajstić information content (AvgIpc) is 3.29. The average molecular weight is 933 g/mol. The van der Waals surface area contributed by atoms with Crippen LogP contribution in [-0.4, -0.2) is 180 Å². The Morgan fingerprint density at radius 1 is 0.682 bits per heavy atom. The summed E-state index contributed by atoms with van der Waals surface area (Å²) in [5.41, 5.74) is -0.895. The lowest BCUT2D eigenvalue weighted by atomic mass is 9.97. The summed E-state index contributed by atoms with van der Waals surface area (Å²) in [5, 5.41) is 127. The zero-order valence-corrected chi connectivity index (χ0v) is 34.8. The Morgan fingerprint density at radius 2 is 1.33 bits per heavy atom. The molecular formula is C43H48O23. The lowest BCUT2D eigenvalue weighted by molar-refractivity contribution is -0.362. The number of methoxy groups -OCH3 is 1. The molecule has 1 aromatic heterocycles. The summed E-state index contributed by atoms with van der Waals surface area (Å²) >= 11 is 0. The molecule has 23 heteroatoms. The Balaban J connectivity index is 1.18. The van der Waals surface area contributed by atoms with Gasteiger partial charge in [-0.05, 0) is 55.0 Å². The van der Waals surface area contributed by atoms with Gasteiger partial charge in [0.25, 0.3) is 0 Å². The Kier molecular flexibility index (Phi) is 14.7. The summed E-state index contributed by atoms with van der Waals surface area (Å²) in [5.74, 6) is -3.52. The second-order valence-corrected chi connectivity index (χ2v) is 15.6. The molecular weight excluding hydrogens is 884 g/mol. The van der Waals surface area contributed by atoms with Crippen molar-refractivity contribution in [1.29, 1.82) is 0 Å². The number of phenolic OH excluding ortho intramolecular Hbond substituents is 4. The molecule has 0 saturated carbocycles. The van der Waals surface area contributed by atoms with Crippen molar-refractivity contribution >= 4 is 23.0 Å². The Hall–Kier alpha value is -5.64. The molecule has 66 heavy (non-hydrogen) atoms. The lowest BCUT2D eigenvalue weighted by Crippen LogP contribution is -2.65. The van der Waals surface area contributed by atoms with E-state index in [1.54, 1.807) is 0 Å². The monoisotopic (exact) mass is 932 g/mol. The highest BCUT2D eigenvalue weighted by Gasteiger charge is 2.53. The highest BCUT2D eigenvalue weighted by molar-refractivity contribution is 5.88. The van der Waals surface area contributed by atoms with Crippen molar-refractivity contribution in [3.05, 3.63) is 76.5 Å². The molecule has 0 spiro atoms. The number of ether oxygens (including phenoxy) is 8. The van der Waals surface area contributed by atoms with Crippen molar-refractivity contribution in [1.82, 2.24) is 0 Å². The first-order chi connectivity index (χ1) is 31.4. The second-order valence-electron chi connectivity index (χ2n) is 15.6. The number of rotatable bonds is 13. The molecule has 3 fully saturated rings. The van der Waals surface area contributed by atoms with Crippen LogP contribution in [-0.2, 0) is 33.2 Å². The predicted octanol–water partition coefficient (Wildman–Crippen LogP) is -1.59. The number of esters is 1. The summed E-state index contributed by atoms with van der Waals surface area (Å²) in [6, 6.07) is 11.2. The molecule has 358 valence electrons. The van der Waals surface area contributed by atoms with Crippen molar-refractivity contribution in [3.8, 4) is 45.8 Å². The summed E-state index contributed by atoms with van der Waals surface area (Å²) in [6.45, 7) is -0.0987. The van der Waals surface area contributed by atoms with Crippen LogP contribution in [0.2, 0.25) is 0 Å². The number of benzene rings is 3. The maximum atomic E-state index is 14.3. The number of aliphatic hydroxyl groups excluding tert-OH is 8. The minimum absolute atomic E-state index is 0.0786. The van der Waals surface area contributed by atoms with Crippen LogP contribution in [0.15, 0.2) is 69.9 Å². The molecule has 4 aromatic rings. The van der Waals surface area contributed by atoms with Crippen molar-refractivity contribution in [2.75, 3.05) is 20.3 Å². The summed E-state index contributed by atoms with van der Waals surface area (Å²) in [4.78, 5) is 26.9. The standard InChI is InChI=1S/C43H48O23/c1-16-29(49)33(53)36(56)41(61-16)60-15-26-31(51)35(55)40(43(64-26)65-39-32(52)28-22(47)12-20(45)13-24(28)62-38(39)18-5-7-19(44)8-6-18)66-42-37(57)34(54)30(50)25(63-42)14-59-27(48)10-4-17-3-9-21(46)23(11-17)58-2/h3-13,16,25-26,29-31,33-37,40-47,49-51,53-57H,14-15H2,1-2H3/b10-4+/t16?,25-,26-,29+,30-,31+,33?,34?,35?,36+,37?,40?,41-,42+,43+/m1/s1. The van der Waals surface area contributed by atoms with Crippen molar-refractivity contribution in [2.24, 2.45) is 0 Å². The maximum Gasteiger partial charge on any atom is 0.330 e. The first-order valence-electron chi connectivity index (χ1n) is 20.3. The van der Waals surface area contributed by atoms with Crippen molar-refractivity contribution in [2.45, 2.75) is 99.0 Å². The fourth-order valence-electron chi connectivity index (χ4n) is 7.41. The third-order valence-corrected chi connectivity index (χ3v) is 11.1. The topological polar surface area (TPSA) is 364 Å². The van der Waals surface area contributed by atoms with E-state index in [-0.39, 0.29) is 34.2 Å². The number of hydrogen-bond acceptors (Lipinski definition) is 23. The molecule has 0 aliphatic carbocycles. The lowest BCUT2D eigenvalue weighted by Gasteiger charge is -2.46. The largest absolute Gasteiger partial charge is 0.508 e. The Morgan fingerprint density at radius 3 is 2.05 bits per heavy atom. The number of carbonyl (C=O) groups excluding carboxylic acids is 1. The summed E-state index contributed by atoms with van der Waals surface area (Å²) in [7, 11) is 1.33. The van der Waals surface area contributed by atoms with E-state index >= 15 is 0 Å². The van der Waals surface area contributed by atoms with Crippen LogP contribution in [0, 0.1) is 0 Å². The molecule has 15 atom stereocenters. The zero-order chi connectivity index (χ0) is 47.7. The van der Waals surface area contributed by atoms with Gasteiger partial charge in [0.1, 0.15) is 95.9 Å². The van der Waals surface area contributed by atoms with Gasteiger partial charge in [-0.15, -0.1) is 0 Å². The number of aliphatic hydroxyl groups is 8. The molecule has 0 radical (unpaired) electrons. The van der Waals surface area contributed by atoms with E-state index in [1.165, 1.54) is 62.6 Å². The first-order valence-corrected chi connectivity index (χ1v) is 20.3. The molecule has 6 unspecified atom stereocenters. The van der Waals surface area contributed by atoms with E-state index in [4.69, 9.17) is 42.3 Å². The van der Waals surface area contributed by atoms with Crippen LogP contribution in [0.3, 0.4) is 0 Å². The number of aromatic hydroxyl groups is 4. The smallest absolute Gasteiger partial charge is 0.330 e. The Bertz CT molecular complexity index is 2420. The van der Waals surface area contributed by atoms with Crippen LogP contribution in [0.4, 0.5) is 0 Å². The minimum atomic E-state index is -2.14. The van der Waals surface area contributed by atoms with Crippen LogP contribution < -0.4 is 14.9 Å². The van der Waals surface area contributed by atoms with E-state index < -0.39 is 139 Å². The fraction of sp³-hybridized carbons (Fsp3) is 0.442. The van der Waals surface area contributed by atoms with Gasteiger partial charge in [0, 0.05) is 23.8 Å². The molecule has 3 saturated heterocycles. The number of fused-ring (bicyclic) bond motifs is 1. The molecule has 3 aliphatic heterocycles. The quantitative estimate of drug-likeness (QED) is 0.0531. The van der Waals surface area contributed by atoms with Gasteiger partial charge in [-0.3, -0.25) is 4.79 Å². The summed E-state index contributed by atoms with van der Waals surface area (Å²) < 4.78 is 51.1. The molecule has 0 amide bonds. The number of hydrogen-bond donors (Lipinski definition) is 12. The fourth-order valence-corrected chi connectivity index (χ4v) is 7.41. The molecule has 4 heterocycles. The van der Waals surface area contributed by atoms with E-state index in [0.29, 0.717) is 5.56 Å².